The first-order chi connectivity index (χ1) is 11.2. The minimum Gasteiger partial charge on any atom is -0.486 e. The van der Waals surface area contributed by atoms with Crippen molar-refractivity contribution < 1.29 is 19.1 Å². The number of hydrogen-bond acceptors (Lipinski definition) is 5. The van der Waals surface area contributed by atoms with Gasteiger partial charge in [0.1, 0.15) is 19.0 Å². The molecule has 2 aliphatic rings. The average molecular weight is 311 g/mol. The Morgan fingerprint density at radius 3 is 2.91 bits per heavy atom. The Kier molecular flexibility index (Phi) is 3.11. The van der Waals surface area contributed by atoms with Crippen LogP contribution in [0, 0.1) is 0 Å². The number of benzene rings is 1. The summed E-state index contributed by atoms with van der Waals surface area (Å²) in [6.45, 7) is 0.946. The fourth-order valence-electron chi connectivity index (χ4n) is 2.66. The van der Waals surface area contributed by atoms with Crippen LogP contribution in [0.25, 0.3) is 0 Å². The Hall–Kier alpha value is -3.09. The topological polar surface area (TPSA) is 89.6 Å². The van der Waals surface area contributed by atoms with E-state index in [1.54, 1.807) is 24.3 Å². The third-order valence-corrected chi connectivity index (χ3v) is 3.70. The molecule has 0 spiro atoms. The molecule has 2 N–H and O–H groups in total. The van der Waals surface area contributed by atoms with Crippen LogP contribution in [-0.2, 0) is 11.2 Å². The van der Waals surface area contributed by atoms with Crippen molar-refractivity contribution in [1.82, 2.24) is 4.98 Å². The molecule has 0 radical (unpaired) electrons. The van der Waals surface area contributed by atoms with Crippen molar-refractivity contribution in [1.29, 1.82) is 0 Å². The monoisotopic (exact) mass is 311 g/mol. The number of carbonyl (C=O) groups excluding carboxylic acids is 2. The van der Waals surface area contributed by atoms with Gasteiger partial charge >= 0.3 is 0 Å². The first-order valence-electron chi connectivity index (χ1n) is 7.19. The normalized spacial score (nSPS) is 14.9. The van der Waals surface area contributed by atoms with Crippen LogP contribution in [0.1, 0.15) is 15.9 Å². The molecule has 4 rings (SSSR count). The van der Waals surface area contributed by atoms with E-state index in [9.17, 15) is 9.59 Å². The summed E-state index contributed by atoms with van der Waals surface area (Å²) in [7, 11) is 0. The highest BCUT2D eigenvalue weighted by Crippen LogP contribution is 2.31. The molecule has 0 unspecified atom stereocenters. The molecular weight excluding hydrogens is 298 g/mol. The highest BCUT2D eigenvalue weighted by atomic mass is 16.6. The van der Waals surface area contributed by atoms with E-state index in [2.05, 4.69) is 15.6 Å². The second-order valence-electron chi connectivity index (χ2n) is 5.22. The third-order valence-electron chi connectivity index (χ3n) is 3.70. The standard InChI is InChI=1S/C16H13N3O4/c20-15-6-10-9(2-1-3-11(10)18-15)16(21)19-14-7-12-13(8-17-14)23-5-4-22-12/h1-3,7-8H,4-6H2,(H,18,20)(H,17,19,21). The number of amides is 2. The van der Waals surface area contributed by atoms with Gasteiger partial charge in [-0.2, -0.15) is 0 Å². The summed E-state index contributed by atoms with van der Waals surface area (Å²) in [5.74, 6) is 1.05. The van der Waals surface area contributed by atoms with Crippen molar-refractivity contribution >= 4 is 23.3 Å². The second kappa shape index (κ2) is 5.28. The molecule has 0 bridgehead atoms. The molecule has 1 aromatic heterocycles. The predicted molar refractivity (Wildman–Crippen MR) is 82.0 cm³/mol. The van der Waals surface area contributed by atoms with Crippen molar-refractivity contribution in [3.05, 3.63) is 41.6 Å². The van der Waals surface area contributed by atoms with Gasteiger partial charge in [0.05, 0.1) is 12.6 Å². The van der Waals surface area contributed by atoms with Crippen LogP contribution in [-0.4, -0.2) is 30.0 Å². The van der Waals surface area contributed by atoms with Gasteiger partial charge in [-0.25, -0.2) is 4.98 Å². The van der Waals surface area contributed by atoms with Crippen molar-refractivity contribution in [2.75, 3.05) is 23.8 Å². The summed E-state index contributed by atoms with van der Waals surface area (Å²) in [6, 6.07) is 6.82. The largest absolute Gasteiger partial charge is 0.486 e. The molecule has 23 heavy (non-hydrogen) atoms. The molecule has 7 nitrogen and oxygen atoms in total. The molecule has 2 amide bonds. The summed E-state index contributed by atoms with van der Waals surface area (Å²) in [5.41, 5.74) is 1.84. The zero-order chi connectivity index (χ0) is 15.8. The molecule has 2 aromatic rings. The number of fused-ring (bicyclic) bond motifs is 2. The number of nitrogens with one attached hydrogen (secondary N) is 2. The number of nitrogens with zero attached hydrogens (tertiary/aromatic N) is 1. The summed E-state index contributed by atoms with van der Waals surface area (Å²) < 4.78 is 10.9. The highest BCUT2D eigenvalue weighted by Gasteiger charge is 2.24. The van der Waals surface area contributed by atoms with Gasteiger partial charge in [0.25, 0.3) is 5.91 Å². The molecular formula is C16H13N3O4. The Labute approximate surface area is 131 Å². The zero-order valence-electron chi connectivity index (χ0n) is 12.1. The quantitative estimate of drug-likeness (QED) is 0.879. The highest BCUT2D eigenvalue weighted by molar-refractivity contribution is 6.10. The number of ether oxygens (including phenoxy) is 2. The molecule has 0 fully saturated rings. The molecule has 2 aliphatic heterocycles. The maximum absolute atomic E-state index is 12.5. The van der Waals surface area contributed by atoms with Crippen LogP contribution in [0.15, 0.2) is 30.5 Å². The van der Waals surface area contributed by atoms with Crippen LogP contribution in [0.3, 0.4) is 0 Å². The number of aromatic nitrogens is 1. The number of pyridine rings is 1. The Bertz CT molecular complexity index is 819. The van der Waals surface area contributed by atoms with Crippen molar-refractivity contribution in [3.8, 4) is 11.5 Å². The van der Waals surface area contributed by atoms with E-state index >= 15 is 0 Å². The van der Waals surface area contributed by atoms with Crippen LogP contribution in [0.2, 0.25) is 0 Å². The fourth-order valence-corrected chi connectivity index (χ4v) is 2.66. The van der Waals surface area contributed by atoms with Gasteiger partial charge in [-0.05, 0) is 17.7 Å². The van der Waals surface area contributed by atoms with Crippen molar-refractivity contribution in [3.63, 3.8) is 0 Å². The molecule has 1 aromatic carbocycles. The summed E-state index contributed by atoms with van der Waals surface area (Å²) in [4.78, 5) is 28.1. The maximum Gasteiger partial charge on any atom is 0.257 e. The molecule has 0 aliphatic carbocycles. The molecule has 0 saturated heterocycles. The SMILES string of the molecule is O=C1Cc2c(cccc2C(=O)Nc2cc3c(cn2)OCCO3)N1. The van der Waals surface area contributed by atoms with Gasteiger partial charge in [-0.3, -0.25) is 9.59 Å². The smallest absolute Gasteiger partial charge is 0.257 e. The van der Waals surface area contributed by atoms with Crippen molar-refractivity contribution in [2.24, 2.45) is 0 Å². The van der Waals surface area contributed by atoms with Crippen LogP contribution in [0.5, 0.6) is 11.5 Å². The lowest BCUT2D eigenvalue weighted by Gasteiger charge is -2.18. The van der Waals surface area contributed by atoms with E-state index in [4.69, 9.17) is 9.47 Å². The molecule has 116 valence electrons. The van der Waals surface area contributed by atoms with Crippen molar-refractivity contribution in [2.45, 2.75) is 6.42 Å². The van der Waals surface area contributed by atoms with Gasteiger partial charge < -0.3 is 20.1 Å². The lowest BCUT2D eigenvalue weighted by molar-refractivity contribution is -0.115. The first-order valence-corrected chi connectivity index (χ1v) is 7.19. The van der Waals surface area contributed by atoms with E-state index in [1.807, 2.05) is 0 Å². The van der Waals surface area contributed by atoms with E-state index in [0.717, 1.165) is 0 Å². The van der Waals surface area contributed by atoms with Crippen LogP contribution in [0.4, 0.5) is 11.5 Å². The lowest BCUT2D eigenvalue weighted by atomic mass is 10.0. The van der Waals surface area contributed by atoms with E-state index in [0.29, 0.717) is 47.3 Å². The molecule has 3 heterocycles. The predicted octanol–water partition coefficient (Wildman–Crippen LogP) is 1.60. The molecule has 0 atom stereocenters. The van der Waals surface area contributed by atoms with Gasteiger partial charge in [0, 0.05) is 17.3 Å². The van der Waals surface area contributed by atoms with Gasteiger partial charge in [-0.1, -0.05) is 6.07 Å². The molecule has 7 heteroatoms. The van der Waals surface area contributed by atoms with Gasteiger partial charge in [0.2, 0.25) is 5.91 Å². The maximum atomic E-state index is 12.5. The number of anilines is 2. The fraction of sp³-hybridized carbons (Fsp3) is 0.188. The van der Waals surface area contributed by atoms with Crippen LogP contribution >= 0.6 is 0 Å². The number of rotatable bonds is 2. The number of hydrogen-bond donors (Lipinski definition) is 2. The van der Waals surface area contributed by atoms with E-state index < -0.39 is 0 Å². The molecule has 0 saturated carbocycles. The second-order valence-corrected chi connectivity index (χ2v) is 5.22. The average Bonchev–Trinajstić information content (AvgIpc) is 2.94. The Balaban J connectivity index is 1.59. The number of carbonyl (C=O) groups is 2. The van der Waals surface area contributed by atoms with Gasteiger partial charge in [-0.15, -0.1) is 0 Å². The third kappa shape index (κ3) is 2.46. The van der Waals surface area contributed by atoms with Gasteiger partial charge in [0.15, 0.2) is 11.5 Å². The Morgan fingerprint density at radius 2 is 2.04 bits per heavy atom. The minimum absolute atomic E-state index is 0.113. The summed E-state index contributed by atoms with van der Waals surface area (Å²) >= 11 is 0. The Morgan fingerprint density at radius 1 is 1.22 bits per heavy atom. The zero-order valence-corrected chi connectivity index (χ0v) is 12.1. The summed E-state index contributed by atoms with van der Waals surface area (Å²) in [6.07, 6.45) is 1.72. The minimum atomic E-state index is -0.317. The lowest BCUT2D eigenvalue weighted by Crippen LogP contribution is -2.18. The first kappa shape index (κ1) is 13.6. The summed E-state index contributed by atoms with van der Waals surface area (Å²) in [5, 5.41) is 5.45. The van der Waals surface area contributed by atoms with E-state index in [1.165, 1.54) is 6.20 Å². The van der Waals surface area contributed by atoms with E-state index in [-0.39, 0.29) is 18.2 Å². The van der Waals surface area contributed by atoms with Crippen LogP contribution < -0.4 is 20.1 Å².